The van der Waals surface area contributed by atoms with Gasteiger partial charge in [0.25, 0.3) is 5.91 Å². The van der Waals surface area contributed by atoms with Crippen molar-refractivity contribution >= 4 is 23.3 Å². The molecule has 0 saturated heterocycles. The van der Waals surface area contributed by atoms with Gasteiger partial charge >= 0.3 is 0 Å². The van der Waals surface area contributed by atoms with E-state index in [0.29, 0.717) is 18.7 Å². The summed E-state index contributed by atoms with van der Waals surface area (Å²) in [6, 6.07) is 9.24. The third-order valence-corrected chi connectivity index (χ3v) is 4.73. The summed E-state index contributed by atoms with van der Waals surface area (Å²) in [5, 5.41) is 8.17. The van der Waals surface area contributed by atoms with E-state index in [1.54, 1.807) is 29.1 Å². The highest BCUT2D eigenvalue weighted by atomic mass is 32.2. The van der Waals surface area contributed by atoms with Crippen molar-refractivity contribution in [2.75, 3.05) is 12.8 Å². The Balaban J connectivity index is 1.44. The van der Waals surface area contributed by atoms with Crippen molar-refractivity contribution < 1.29 is 9.21 Å². The van der Waals surface area contributed by atoms with E-state index >= 15 is 0 Å². The number of hydrogen-bond acceptors (Lipinski definition) is 5. The molecule has 0 aliphatic heterocycles. The third-order valence-electron chi connectivity index (χ3n) is 4.02. The van der Waals surface area contributed by atoms with Crippen LogP contribution >= 0.6 is 11.8 Å². The van der Waals surface area contributed by atoms with E-state index in [9.17, 15) is 4.79 Å². The predicted molar refractivity (Wildman–Crippen MR) is 99.2 cm³/mol. The highest BCUT2D eigenvalue weighted by Crippen LogP contribution is 2.20. The fourth-order valence-electron chi connectivity index (χ4n) is 2.77. The highest BCUT2D eigenvalue weighted by molar-refractivity contribution is 7.98. The van der Waals surface area contributed by atoms with E-state index in [1.165, 1.54) is 11.8 Å². The normalized spacial score (nSPS) is 11.1. The van der Waals surface area contributed by atoms with Crippen LogP contribution < -0.4 is 5.32 Å². The number of fused-ring (bicyclic) bond motifs is 1. The summed E-state index contributed by atoms with van der Waals surface area (Å²) in [6.07, 6.45) is 9.06. The number of pyridine rings is 1. The van der Waals surface area contributed by atoms with Crippen LogP contribution in [-0.2, 0) is 6.54 Å². The number of carbonyl (C=O) groups is 1. The minimum absolute atomic E-state index is 0.115. The lowest BCUT2D eigenvalue weighted by molar-refractivity contribution is 0.0948. The van der Waals surface area contributed by atoms with Crippen molar-refractivity contribution in [2.24, 2.45) is 0 Å². The molecule has 4 aromatic rings. The van der Waals surface area contributed by atoms with Crippen molar-refractivity contribution in [3.8, 4) is 11.5 Å². The van der Waals surface area contributed by atoms with Crippen LogP contribution in [0.2, 0.25) is 0 Å². The van der Waals surface area contributed by atoms with Crippen LogP contribution in [0.15, 0.2) is 64.6 Å². The maximum Gasteiger partial charge on any atom is 0.254 e. The Morgan fingerprint density at radius 2 is 2.23 bits per heavy atom. The van der Waals surface area contributed by atoms with E-state index < -0.39 is 0 Å². The predicted octanol–water partition coefficient (Wildman–Crippen LogP) is 2.94. The van der Waals surface area contributed by atoms with E-state index in [4.69, 9.17) is 4.42 Å². The topological polar surface area (TPSA) is 77.4 Å². The van der Waals surface area contributed by atoms with Gasteiger partial charge < -0.3 is 14.3 Å². The van der Waals surface area contributed by atoms with Crippen LogP contribution in [0.1, 0.15) is 10.4 Å². The summed E-state index contributed by atoms with van der Waals surface area (Å²) < 4.78 is 9.23. The van der Waals surface area contributed by atoms with Gasteiger partial charge in [0.15, 0.2) is 5.76 Å². The van der Waals surface area contributed by atoms with Gasteiger partial charge in [0.05, 0.1) is 11.8 Å². The summed E-state index contributed by atoms with van der Waals surface area (Å²) in [5.41, 5.74) is 2.32. The first-order valence-corrected chi connectivity index (χ1v) is 9.34. The molecular weight excluding hydrogens is 350 g/mol. The van der Waals surface area contributed by atoms with Gasteiger partial charge in [-0.2, -0.15) is 5.10 Å². The van der Waals surface area contributed by atoms with Crippen molar-refractivity contribution in [1.29, 1.82) is 0 Å². The number of aromatic nitrogens is 4. The summed E-state index contributed by atoms with van der Waals surface area (Å²) in [7, 11) is 0. The van der Waals surface area contributed by atoms with Crippen LogP contribution in [-0.4, -0.2) is 37.9 Å². The molecule has 0 aliphatic carbocycles. The Kier molecular flexibility index (Phi) is 4.49. The second-order valence-electron chi connectivity index (χ2n) is 5.62. The lowest BCUT2D eigenvalue weighted by atomic mass is 10.2. The van der Waals surface area contributed by atoms with Gasteiger partial charge in [-0.15, -0.1) is 11.8 Å². The Labute approximate surface area is 154 Å². The fraction of sp³-hybridized carbons (Fsp3) is 0.167. The lowest BCUT2D eigenvalue weighted by Gasteiger charge is -2.08. The van der Waals surface area contributed by atoms with Gasteiger partial charge in [-0.25, -0.2) is 9.50 Å². The molecule has 0 aliphatic rings. The van der Waals surface area contributed by atoms with Crippen LogP contribution in [0.4, 0.5) is 0 Å². The summed E-state index contributed by atoms with van der Waals surface area (Å²) in [5.74, 6) is 0.616. The molecule has 0 atom stereocenters. The number of nitrogens with zero attached hydrogens (tertiary/aromatic N) is 4. The van der Waals surface area contributed by atoms with E-state index in [0.717, 1.165) is 22.1 Å². The average Bonchev–Trinajstić information content (AvgIpc) is 3.39. The molecule has 0 fully saturated rings. The molecule has 7 nitrogen and oxygen atoms in total. The van der Waals surface area contributed by atoms with Crippen LogP contribution in [0, 0.1) is 0 Å². The molecule has 0 spiro atoms. The van der Waals surface area contributed by atoms with Crippen molar-refractivity contribution in [3.05, 3.63) is 60.7 Å². The number of nitrogens with one attached hydrogen (secondary N) is 1. The van der Waals surface area contributed by atoms with Crippen molar-refractivity contribution in [2.45, 2.75) is 11.6 Å². The van der Waals surface area contributed by atoms with Crippen LogP contribution in [0.5, 0.6) is 0 Å². The smallest absolute Gasteiger partial charge is 0.254 e. The zero-order valence-corrected chi connectivity index (χ0v) is 14.9. The number of imidazole rings is 1. The van der Waals surface area contributed by atoms with Crippen molar-refractivity contribution in [1.82, 2.24) is 24.5 Å². The first kappa shape index (κ1) is 16.5. The first-order valence-electron chi connectivity index (χ1n) is 8.12. The van der Waals surface area contributed by atoms with Gasteiger partial charge in [0.2, 0.25) is 0 Å². The number of amides is 1. The maximum absolute atomic E-state index is 12.4. The molecular formula is C18H17N5O2S. The SMILES string of the molecule is CSc1ncccc1C(=O)NCCn1ccn2nc(-c3ccco3)cc12. The minimum atomic E-state index is -0.115. The summed E-state index contributed by atoms with van der Waals surface area (Å²) in [6.45, 7) is 1.15. The zero-order chi connectivity index (χ0) is 17.9. The Bertz CT molecular complexity index is 1040. The molecule has 0 aromatic carbocycles. The monoisotopic (exact) mass is 367 g/mol. The number of hydrogen-bond donors (Lipinski definition) is 1. The molecule has 0 radical (unpaired) electrons. The van der Waals surface area contributed by atoms with Gasteiger partial charge in [-0.3, -0.25) is 4.79 Å². The second-order valence-corrected chi connectivity index (χ2v) is 6.41. The van der Waals surface area contributed by atoms with Crippen LogP contribution in [0.3, 0.4) is 0 Å². The Hall–Kier alpha value is -3.00. The molecule has 1 amide bonds. The molecule has 132 valence electrons. The minimum Gasteiger partial charge on any atom is -0.463 e. The maximum atomic E-state index is 12.4. The Morgan fingerprint density at radius 3 is 3.04 bits per heavy atom. The summed E-state index contributed by atoms with van der Waals surface area (Å²) >= 11 is 1.46. The Morgan fingerprint density at radius 1 is 1.31 bits per heavy atom. The quantitative estimate of drug-likeness (QED) is 0.530. The molecule has 4 rings (SSSR count). The standard InChI is InChI=1S/C18H17N5O2S/c1-26-18-13(4-2-6-20-18)17(24)19-7-8-22-9-10-23-16(22)12-14(21-23)15-5-3-11-25-15/h2-6,9-12H,7-8H2,1H3,(H,19,24). The van der Waals surface area contributed by atoms with Gasteiger partial charge in [-0.05, 0) is 30.5 Å². The molecule has 8 heteroatoms. The third kappa shape index (κ3) is 3.11. The van der Waals surface area contributed by atoms with E-state index in [2.05, 4.69) is 15.4 Å². The first-order chi connectivity index (χ1) is 12.8. The molecule has 4 heterocycles. The molecule has 4 aromatic heterocycles. The van der Waals surface area contributed by atoms with Gasteiger partial charge in [0, 0.05) is 37.7 Å². The fourth-order valence-corrected chi connectivity index (χ4v) is 3.32. The average molecular weight is 367 g/mol. The van der Waals surface area contributed by atoms with E-state index in [1.807, 2.05) is 41.4 Å². The summed E-state index contributed by atoms with van der Waals surface area (Å²) in [4.78, 5) is 16.6. The highest BCUT2D eigenvalue weighted by Gasteiger charge is 2.12. The second kappa shape index (κ2) is 7.09. The number of rotatable bonds is 6. The van der Waals surface area contributed by atoms with Crippen molar-refractivity contribution in [3.63, 3.8) is 0 Å². The molecule has 0 saturated carbocycles. The molecule has 1 N–H and O–H groups in total. The lowest BCUT2D eigenvalue weighted by Crippen LogP contribution is -2.27. The van der Waals surface area contributed by atoms with Gasteiger partial charge in [-0.1, -0.05) is 0 Å². The molecule has 0 bridgehead atoms. The molecule has 26 heavy (non-hydrogen) atoms. The van der Waals surface area contributed by atoms with Crippen LogP contribution in [0.25, 0.3) is 17.1 Å². The van der Waals surface area contributed by atoms with Gasteiger partial charge in [0.1, 0.15) is 16.4 Å². The van der Waals surface area contributed by atoms with E-state index in [-0.39, 0.29) is 5.91 Å². The number of furan rings is 1. The zero-order valence-electron chi connectivity index (χ0n) is 14.1. The molecule has 0 unspecified atom stereocenters. The number of thioether (sulfide) groups is 1. The largest absolute Gasteiger partial charge is 0.463 e. The number of carbonyl (C=O) groups excluding carboxylic acids is 1.